The van der Waals surface area contributed by atoms with Crippen molar-refractivity contribution in [2.24, 2.45) is 10.2 Å². The summed E-state index contributed by atoms with van der Waals surface area (Å²) < 4.78 is 31.7. The van der Waals surface area contributed by atoms with Crippen LogP contribution in [0.5, 0.6) is 11.5 Å². The first-order valence-corrected chi connectivity index (χ1v) is 9.36. The van der Waals surface area contributed by atoms with Gasteiger partial charge in [0.05, 0.1) is 5.69 Å². The fraction of sp³-hybridized carbons (Fsp3) is 0.0556. The van der Waals surface area contributed by atoms with Crippen molar-refractivity contribution in [1.82, 2.24) is 0 Å². The van der Waals surface area contributed by atoms with Crippen molar-refractivity contribution >= 4 is 43.9 Å². The zero-order chi connectivity index (χ0) is 20.5. The van der Waals surface area contributed by atoms with E-state index in [2.05, 4.69) is 15.5 Å². The summed E-state index contributed by atoms with van der Waals surface area (Å²) in [5, 5.41) is 31.7. The van der Waals surface area contributed by atoms with Crippen LogP contribution in [0, 0.1) is 0 Å². The van der Waals surface area contributed by atoms with Crippen LogP contribution in [0.3, 0.4) is 0 Å². The van der Waals surface area contributed by atoms with Crippen LogP contribution < -0.4 is 5.32 Å². The molecule has 0 radical (unpaired) electrons. The van der Waals surface area contributed by atoms with Crippen LogP contribution in [0.4, 0.5) is 17.1 Å². The van der Waals surface area contributed by atoms with Gasteiger partial charge in [0.25, 0.3) is 10.1 Å². The largest absolute Gasteiger partial charge is 0.506 e. The molecule has 0 aliphatic rings. The number of nitrogens with zero attached hydrogens (tertiary/aromatic N) is 2. The minimum atomic E-state index is -4.65. The highest BCUT2D eigenvalue weighted by atomic mass is 32.2. The standard InChI is InChI=1S/C18H15N3O6S/c1-10(22)19-12-5-2-4-11-8-9-14(23)17(16(11)12)21-20-13-6-3-7-15(18(13)24)28(25,26)27/h2-9,23-24H,1H3,(H,19,22)(H,25,26,27). The Balaban J connectivity index is 2.18. The monoisotopic (exact) mass is 401 g/mol. The molecule has 28 heavy (non-hydrogen) atoms. The lowest BCUT2D eigenvalue weighted by molar-refractivity contribution is -0.114. The van der Waals surface area contributed by atoms with E-state index >= 15 is 0 Å². The van der Waals surface area contributed by atoms with E-state index < -0.39 is 20.8 Å². The number of carbonyl (C=O) groups is 1. The van der Waals surface area contributed by atoms with Gasteiger partial charge in [0.2, 0.25) is 5.91 Å². The third kappa shape index (κ3) is 3.77. The Morgan fingerprint density at radius 2 is 1.71 bits per heavy atom. The minimum Gasteiger partial charge on any atom is -0.506 e. The third-order valence-electron chi connectivity index (χ3n) is 3.82. The number of fused-ring (bicyclic) bond motifs is 1. The zero-order valence-electron chi connectivity index (χ0n) is 14.5. The number of hydrogen-bond donors (Lipinski definition) is 4. The Labute approximate surface area is 159 Å². The molecular formula is C18H15N3O6S. The van der Waals surface area contributed by atoms with Crippen LogP contribution in [-0.4, -0.2) is 29.1 Å². The van der Waals surface area contributed by atoms with Gasteiger partial charge in [0, 0.05) is 12.3 Å². The first kappa shape index (κ1) is 19.3. The molecule has 0 atom stereocenters. The maximum Gasteiger partial charge on any atom is 0.298 e. The van der Waals surface area contributed by atoms with Crippen LogP contribution in [-0.2, 0) is 14.9 Å². The van der Waals surface area contributed by atoms with E-state index in [1.807, 2.05) is 0 Å². The molecule has 0 spiro atoms. The number of phenolic OH excluding ortho intramolecular Hbond substituents is 2. The molecule has 0 saturated heterocycles. The number of aromatic hydroxyl groups is 2. The molecular weight excluding hydrogens is 386 g/mol. The van der Waals surface area contributed by atoms with Crippen molar-refractivity contribution in [1.29, 1.82) is 0 Å². The number of anilines is 1. The maximum atomic E-state index is 11.5. The van der Waals surface area contributed by atoms with Gasteiger partial charge in [0.1, 0.15) is 22.0 Å². The molecule has 9 nitrogen and oxygen atoms in total. The average Bonchev–Trinajstić information content (AvgIpc) is 2.61. The second kappa shape index (κ2) is 7.25. The third-order valence-corrected chi connectivity index (χ3v) is 4.71. The molecule has 0 bridgehead atoms. The lowest BCUT2D eigenvalue weighted by Crippen LogP contribution is -2.06. The van der Waals surface area contributed by atoms with Gasteiger partial charge in [-0.25, -0.2) is 0 Å². The first-order valence-electron chi connectivity index (χ1n) is 7.92. The topological polar surface area (TPSA) is 149 Å². The Kier molecular flexibility index (Phi) is 4.99. The summed E-state index contributed by atoms with van der Waals surface area (Å²) in [6, 6.07) is 11.7. The molecule has 1 amide bonds. The van der Waals surface area contributed by atoms with Crippen LogP contribution in [0.1, 0.15) is 6.92 Å². The van der Waals surface area contributed by atoms with Crippen molar-refractivity contribution in [3.63, 3.8) is 0 Å². The van der Waals surface area contributed by atoms with E-state index in [1.54, 1.807) is 24.3 Å². The number of azo groups is 1. The summed E-state index contributed by atoms with van der Waals surface area (Å²) in [5.41, 5.74) is 0.174. The van der Waals surface area contributed by atoms with E-state index in [0.29, 0.717) is 16.5 Å². The number of hydrogen-bond acceptors (Lipinski definition) is 7. The van der Waals surface area contributed by atoms with Gasteiger partial charge in [-0.2, -0.15) is 8.42 Å². The van der Waals surface area contributed by atoms with Crippen molar-refractivity contribution in [2.45, 2.75) is 11.8 Å². The number of para-hydroxylation sites is 1. The second-order valence-electron chi connectivity index (χ2n) is 5.82. The molecule has 0 fully saturated rings. The smallest absolute Gasteiger partial charge is 0.298 e. The maximum absolute atomic E-state index is 11.5. The summed E-state index contributed by atoms with van der Waals surface area (Å²) in [6.45, 7) is 1.34. The quantitative estimate of drug-likeness (QED) is 0.385. The molecule has 0 unspecified atom stereocenters. The summed E-state index contributed by atoms with van der Waals surface area (Å²) in [4.78, 5) is 10.7. The molecule has 0 heterocycles. The van der Waals surface area contributed by atoms with Gasteiger partial charge in [-0.1, -0.05) is 24.3 Å². The summed E-state index contributed by atoms with van der Waals surface area (Å²) >= 11 is 0. The molecule has 0 saturated carbocycles. The number of phenols is 2. The zero-order valence-corrected chi connectivity index (χ0v) is 15.3. The molecule has 3 rings (SSSR count). The van der Waals surface area contributed by atoms with E-state index in [-0.39, 0.29) is 23.0 Å². The number of rotatable bonds is 4. The number of benzene rings is 3. The SMILES string of the molecule is CC(=O)Nc1cccc2ccc(O)c(N=Nc3cccc(S(=O)(=O)O)c3O)c12. The van der Waals surface area contributed by atoms with Crippen molar-refractivity contribution < 1.29 is 28.0 Å². The molecule has 144 valence electrons. The van der Waals surface area contributed by atoms with Crippen molar-refractivity contribution in [3.8, 4) is 11.5 Å². The fourth-order valence-corrected chi connectivity index (χ4v) is 3.25. The lowest BCUT2D eigenvalue weighted by Gasteiger charge is -2.10. The average molecular weight is 401 g/mol. The van der Waals surface area contributed by atoms with Crippen LogP contribution >= 0.6 is 0 Å². The molecule has 0 aliphatic carbocycles. The van der Waals surface area contributed by atoms with Crippen LogP contribution in [0.25, 0.3) is 10.8 Å². The Hall–Kier alpha value is -3.50. The number of amides is 1. The Bertz CT molecular complexity index is 1220. The molecule has 3 aromatic rings. The minimum absolute atomic E-state index is 0.0125. The highest BCUT2D eigenvalue weighted by molar-refractivity contribution is 7.86. The Morgan fingerprint density at radius 1 is 1.00 bits per heavy atom. The molecule has 0 aromatic heterocycles. The van der Waals surface area contributed by atoms with E-state index in [0.717, 1.165) is 6.07 Å². The van der Waals surface area contributed by atoms with Gasteiger partial charge >= 0.3 is 0 Å². The van der Waals surface area contributed by atoms with Gasteiger partial charge in [-0.05, 0) is 29.7 Å². The molecule has 4 N–H and O–H groups in total. The molecule has 10 heteroatoms. The van der Waals surface area contributed by atoms with Crippen molar-refractivity contribution in [3.05, 3.63) is 48.5 Å². The fourth-order valence-electron chi connectivity index (χ4n) is 2.65. The van der Waals surface area contributed by atoms with Crippen LogP contribution in [0.2, 0.25) is 0 Å². The van der Waals surface area contributed by atoms with Gasteiger partial charge in [-0.3, -0.25) is 9.35 Å². The normalized spacial score (nSPS) is 11.8. The van der Waals surface area contributed by atoms with E-state index in [9.17, 15) is 23.4 Å². The number of carbonyl (C=O) groups excluding carboxylic acids is 1. The highest BCUT2D eigenvalue weighted by Crippen LogP contribution is 2.41. The lowest BCUT2D eigenvalue weighted by atomic mass is 10.1. The van der Waals surface area contributed by atoms with Gasteiger partial charge in [-0.15, -0.1) is 10.2 Å². The predicted molar refractivity (Wildman–Crippen MR) is 102 cm³/mol. The summed E-state index contributed by atoms with van der Waals surface area (Å²) in [6.07, 6.45) is 0. The first-order chi connectivity index (χ1) is 13.2. The molecule has 0 aliphatic heterocycles. The van der Waals surface area contributed by atoms with Crippen LogP contribution in [0.15, 0.2) is 63.7 Å². The van der Waals surface area contributed by atoms with E-state index in [1.165, 1.54) is 25.1 Å². The van der Waals surface area contributed by atoms with Crippen molar-refractivity contribution in [2.75, 3.05) is 5.32 Å². The predicted octanol–water partition coefficient (Wildman–Crippen LogP) is 3.87. The van der Waals surface area contributed by atoms with Gasteiger partial charge in [0.15, 0.2) is 5.75 Å². The summed E-state index contributed by atoms with van der Waals surface area (Å²) in [5.74, 6) is -1.34. The number of nitrogens with one attached hydrogen (secondary N) is 1. The molecule has 3 aromatic carbocycles. The van der Waals surface area contributed by atoms with Gasteiger partial charge < -0.3 is 15.5 Å². The summed E-state index contributed by atoms with van der Waals surface area (Å²) in [7, 11) is -4.65. The second-order valence-corrected chi connectivity index (χ2v) is 7.21. The van der Waals surface area contributed by atoms with E-state index in [4.69, 9.17) is 4.55 Å². The highest BCUT2D eigenvalue weighted by Gasteiger charge is 2.18. The Morgan fingerprint density at radius 3 is 2.39 bits per heavy atom.